The first kappa shape index (κ1) is 31.0. The van der Waals surface area contributed by atoms with E-state index in [1.54, 1.807) is 19.3 Å². The molecule has 11 heteroatoms. The second-order valence-corrected chi connectivity index (χ2v) is 9.54. The van der Waals surface area contributed by atoms with Gasteiger partial charge in [0.2, 0.25) is 0 Å². The van der Waals surface area contributed by atoms with E-state index in [1.807, 2.05) is 47.8 Å². The smallest absolute Gasteiger partial charge is 0.394 e. The summed E-state index contributed by atoms with van der Waals surface area (Å²) in [6, 6.07) is 15.2. The predicted molar refractivity (Wildman–Crippen MR) is 150 cm³/mol. The van der Waals surface area contributed by atoms with Crippen molar-refractivity contribution in [2.45, 2.75) is 25.7 Å². The molecule has 0 saturated heterocycles. The summed E-state index contributed by atoms with van der Waals surface area (Å²) >= 11 is 0. The van der Waals surface area contributed by atoms with Crippen LogP contribution < -0.4 is 11.1 Å². The molecule has 222 valence electrons. The normalized spacial score (nSPS) is 12.5. The Morgan fingerprint density at radius 3 is 2.07 bits per heavy atom. The molecule has 4 aromatic rings. The number of carbonyl (C=O) groups is 1. The van der Waals surface area contributed by atoms with Crippen molar-refractivity contribution < 1.29 is 35.5 Å². The Kier molecular flexibility index (Phi) is 9.03. The Hall–Kier alpha value is -4.93. The van der Waals surface area contributed by atoms with Crippen molar-refractivity contribution in [1.29, 1.82) is 0 Å². The quantitative estimate of drug-likeness (QED) is 0.127. The molecule has 0 radical (unpaired) electrons. The highest BCUT2D eigenvalue weighted by Gasteiger charge is 2.37. The van der Waals surface area contributed by atoms with Crippen LogP contribution in [0.25, 0.3) is 22.3 Å². The van der Waals surface area contributed by atoms with Crippen LogP contribution in [0.15, 0.2) is 103 Å². The number of anilines is 1. The number of hydrogen-bond acceptors (Lipinski definition) is 3. The molecule has 1 heterocycles. The summed E-state index contributed by atoms with van der Waals surface area (Å²) in [5.74, 6) is -1.57. The molecule has 43 heavy (non-hydrogen) atoms. The summed E-state index contributed by atoms with van der Waals surface area (Å²) < 4.78 is 93.7. The van der Waals surface area contributed by atoms with Gasteiger partial charge in [0.1, 0.15) is 5.82 Å². The van der Waals surface area contributed by atoms with Gasteiger partial charge in [-0.3, -0.25) is 9.78 Å². The third-order valence-corrected chi connectivity index (χ3v) is 6.47. The van der Waals surface area contributed by atoms with E-state index in [9.17, 15) is 31.1 Å². The van der Waals surface area contributed by atoms with Gasteiger partial charge in [-0.25, -0.2) is 4.39 Å². The van der Waals surface area contributed by atoms with Crippen LogP contribution in [-0.2, 0) is 23.6 Å². The molecule has 3 N–H and O–H groups in total. The zero-order valence-electron chi connectivity index (χ0n) is 22.5. The lowest BCUT2D eigenvalue weighted by Gasteiger charge is -2.14. The molecule has 0 bridgehead atoms. The van der Waals surface area contributed by atoms with Gasteiger partial charge in [-0.2, -0.15) is 26.3 Å². The van der Waals surface area contributed by atoms with Gasteiger partial charge in [0, 0.05) is 23.6 Å². The lowest BCUT2D eigenvalue weighted by Crippen LogP contribution is -2.21. The molecule has 0 atom stereocenters. The number of nitrogens with zero attached hydrogens (tertiary/aromatic N) is 1. The minimum absolute atomic E-state index is 0.0508. The molecule has 1 aromatic heterocycles. The number of aromatic nitrogens is 1. The summed E-state index contributed by atoms with van der Waals surface area (Å²) in [6.07, 6.45) is -2.67. The van der Waals surface area contributed by atoms with E-state index in [0.717, 1.165) is 22.8 Å². The SMILES string of the molecule is Cc1cc(-c2ccccc2-c2cccnc2)cc(F)c1C/C=C\C=C(/N)C(=O)Nc1cc(C(F)(F)F)cc(C(F)(F)F)c1. The number of halogens is 7. The van der Waals surface area contributed by atoms with E-state index in [2.05, 4.69) is 4.98 Å². The lowest BCUT2D eigenvalue weighted by molar-refractivity contribution is -0.143. The Balaban J connectivity index is 1.49. The number of pyridine rings is 1. The van der Waals surface area contributed by atoms with Crippen LogP contribution in [0.3, 0.4) is 0 Å². The third-order valence-electron chi connectivity index (χ3n) is 6.47. The molecule has 0 fully saturated rings. The van der Waals surface area contributed by atoms with E-state index in [0.29, 0.717) is 28.8 Å². The molecule has 0 aliphatic carbocycles. The van der Waals surface area contributed by atoms with Gasteiger partial charge in [0.15, 0.2) is 0 Å². The number of carbonyl (C=O) groups excluding carboxylic acids is 1. The fourth-order valence-corrected chi connectivity index (χ4v) is 4.36. The third kappa shape index (κ3) is 7.68. The van der Waals surface area contributed by atoms with Gasteiger partial charge in [0.05, 0.1) is 16.8 Å². The average Bonchev–Trinajstić information content (AvgIpc) is 2.95. The average molecular weight is 600 g/mol. The highest BCUT2D eigenvalue weighted by molar-refractivity contribution is 6.03. The highest BCUT2D eigenvalue weighted by atomic mass is 19.4. The van der Waals surface area contributed by atoms with Crippen molar-refractivity contribution >= 4 is 11.6 Å². The topological polar surface area (TPSA) is 68.0 Å². The van der Waals surface area contributed by atoms with Crippen LogP contribution in [0.4, 0.5) is 36.4 Å². The predicted octanol–water partition coefficient (Wildman–Crippen LogP) is 8.48. The van der Waals surface area contributed by atoms with Crippen LogP contribution in [-0.4, -0.2) is 10.9 Å². The van der Waals surface area contributed by atoms with E-state index < -0.39 is 46.6 Å². The summed E-state index contributed by atoms with van der Waals surface area (Å²) in [5, 5.41) is 1.95. The first-order chi connectivity index (χ1) is 20.2. The van der Waals surface area contributed by atoms with Crippen LogP contribution in [0.5, 0.6) is 0 Å². The molecule has 0 aliphatic heterocycles. The molecule has 4 nitrogen and oxygen atoms in total. The van der Waals surface area contributed by atoms with E-state index >= 15 is 4.39 Å². The Morgan fingerprint density at radius 2 is 1.51 bits per heavy atom. The van der Waals surface area contributed by atoms with Gasteiger partial charge in [-0.1, -0.05) is 48.6 Å². The van der Waals surface area contributed by atoms with Crippen molar-refractivity contribution in [3.05, 3.63) is 131 Å². The summed E-state index contributed by atoms with van der Waals surface area (Å²) in [4.78, 5) is 16.5. The number of hydrogen-bond donors (Lipinski definition) is 2. The maximum atomic E-state index is 15.2. The van der Waals surface area contributed by atoms with E-state index in [1.165, 1.54) is 18.2 Å². The minimum Gasteiger partial charge on any atom is -0.394 e. The van der Waals surface area contributed by atoms with Gasteiger partial charge < -0.3 is 11.1 Å². The van der Waals surface area contributed by atoms with Gasteiger partial charge in [-0.05, 0) is 77.6 Å². The van der Waals surface area contributed by atoms with Gasteiger partial charge >= 0.3 is 12.4 Å². The van der Waals surface area contributed by atoms with Crippen molar-refractivity contribution in [1.82, 2.24) is 4.98 Å². The monoisotopic (exact) mass is 599 g/mol. The molecule has 3 aromatic carbocycles. The van der Waals surface area contributed by atoms with Crippen molar-refractivity contribution in [3.8, 4) is 22.3 Å². The van der Waals surface area contributed by atoms with Gasteiger partial charge in [-0.15, -0.1) is 0 Å². The number of amides is 1. The molecule has 4 rings (SSSR count). The van der Waals surface area contributed by atoms with Crippen LogP contribution in [0.1, 0.15) is 22.3 Å². The first-order valence-corrected chi connectivity index (χ1v) is 12.8. The Labute approximate surface area is 242 Å². The van der Waals surface area contributed by atoms with E-state index in [-0.39, 0.29) is 12.5 Å². The second kappa shape index (κ2) is 12.5. The molecule has 0 spiro atoms. The molecule has 0 unspecified atom stereocenters. The zero-order valence-corrected chi connectivity index (χ0v) is 22.5. The van der Waals surface area contributed by atoms with Gasteiger partial charge in [0.25, 0.3) is 5.91 Å². The van der Waals surface area contributed by atoms with Crippen LogP contribution in [0, 0.1) is 12.7 Å². The fraction of sp³-hybridized carbons (Fsp3) is 0.125. The number of benzene rings is 3. The maximum Gasteiger partial charge on any atom is 0.416 e. The number of rotatable bonds is 7. The van der Waals surface area contributed by atoms with Crippen molar-refractivity contribution in [3.63, 3.8) is 0 Å². The number of aryl methyl sites for hydroxylation is 1. The number of nitrogens with two attached hydrogens (primary N) is 1. The Bertz CT molecular complexity index is 1640. The number of nitrogens with one attached hydrogen (secondary N) is 1. The standard InChI is InChI=1S/C32H24F7N3O/c1-19-13-21(27-10-3-2-9-26(27)20-7-6-12-41-18-20)14-28(33)25(19)8-4-5-11-29(40)30(43)42-24-16-22(31(34,35)36)15-23(17-24)32(37,38)39/h2-7,9-18H,8,40H2,1H3,(H,42,43)/b5-4-,29-11-. The lowest BCUT2D eigenvalue weighted by atomic mass is 9.92. The van der Waals surface area contributed by atoms with Crippen molar-refractivity contribution in [2.24, 2.45) is 5.73 Å². The van der Waals surface area contributed by atoms with Crippen LogP contribution in [0.2, 0.25) is 0 Å². The van der Waals surface area contributed by atoms with Crippen LogP contribution >= 0.6 is 0 Å². The summed E-state index contributed by atoms with van der Waals surface area (Å²) in [6.45, 7) is 1.75. The second-order valence-electron chi connectivity index (χ2n) is 9.54. The van der Waals surface area contributed by atoms with Crippen molar-refractivity contribution in [2.75, 3.05) is 5.32 Å². The number of alkyl halides is 6. The molecule has 0 saturated carbocycles. The van der Waals surface area contributed by atoms with E-state index in [4.69, 9.17) is 5.73 Å². The molecular weight excluding hydrogens is 575 g/mol. The summed E-state index contributed by atoms with van der Waals surface area (Å²) in [7, 11) is 0. The Morgan fingerprint density at radius 1 is 0.884 bits per heavy atom. The minimum atomic E-state index is -5.07. The summed E-state index contributed by atoms with van der Waals surface area (Å²) in [5.41, 5.74) is 5.62. The fourth-order valence-electron chi connectivity index (χ4n) is 4.36. The number of allylic oxidation sites excluding steroid dienone is 3. The first-order valence-electron chi connectivity index (χ1n) is 12.8. The molecule has 1 amide bonds. The molecular formula is C32H24F7N3O. The zero-order chi connectivity index (χ0) is 31.4. The largest absolute Gasteiger partial charge is 0.416 e. The molecule has 0 aliphatic rings. The highest BCUT2D eigenvalue weighted by Crippen LogP contribution is 2.38. The maximum absolute atomic E-state index is 15.2.